The SMILES string of the molecule is CN(C)CCNC(C(N)=O)c1ccc2c(c1)CCCN2C. The largest absolute Gasteiger partial charge is 0.374 e. The van der Waals surface area contributed by atoms with E-state index in [9.17, 15) is 4.79 Å². The van der Waals surface area contributed by atoms with E-state index >= 15 is 0 Å². The highest BCUT2D eigenvalue weighted by molar-refractivity contribution is 5.81. The molecule has 1 heterocycles. The number of carbonyl (C=O) groups is 1. The van der Waals surface area contributed by atoms with Crippen molar-refractivity contribution in [3.63, 3.8) is 0 Å². The predicted octanol–water partition coefficient (Wildman–Crippen LogP) is 0.747. The normalized spacial score (nSPS) is 15.9. The van der Waals surface area contributed by atoms with Crippen molar-refractivity contribution in [2.75, 3.05) is 45.7 Å². The number of nitrogens with one attached hydrogen (secondary N) is 1. The van der Waals surface area contributed by atoms with E-state index in [0.29, 0.717) is 0 Å². The molecule has 21 heavy (non-hydrogen) atoms. The van der Waals surface area contributed by atoms with Gasteiger partial charge in [-0.1, -0.05) is 12.1 Å². The first kappa shape index (κ1) is 15.8. The molecule has 0 bridgehead atoms. The lowest BCUT2D eigenvalue weighted by atomic mass is 9.96. The van der Waals surface area contributed by atoms with Gasteiger partial charge in [-0.15, -0.1) is 0 Å². The van der Waals surface area contributed by atoms with Gasteiger partial charge in [-0.25, -0.2) is 0 Å². The van der Waals surface area contributed by atoms with Crippen molar-refractivity contribution in [1.29, 1.82) is 0 Å². The molecule has 3 N–H and O–H groups in total. The second kappa shape index (κ2) is 6.91. The van der Waals surface area contributed by atoms with Crippen molar-refractivity contribution in [3.05, 3.63) is 29.3 Å². The Morgan fingerprint density at radius 1 is 1.48 bits per heavy atom. The van der Waals surface area contributed by atoms with E-state index in [1.807, 2.05) is 20.2 Å². The van der Waals surface area contributed by atoms with Crippen LogP contribution >= 0.6 is 0 Å². The number of rotatable bonds is 6. The topological polar surface area (TPSA) is 61.6 Å². The number of primary amides is 1. The maximum atomic E-state index is 11.7. The lowest BCUT2D eigenvalue weighted by Gasteiger charge is -2.28. The third kappa shape index (κ3) is 3.95. The monoisotopic (exact) mass is 290 g/mol. The van der Waals surface area contributed by atoms with Crippen molar-refractivity contribution in [1.82, 2.24) is 10.2 Å². The Labute approximate surface area is 127 Å². The highest BCUT2D eigenvalue weighted by Crippen LogP contribution is 2.28. The molecule has 0 spiro atoms. The molecular formula is C16H26N4O. The van der Waals surface area contributed by atoms with Crippen LogP contribution in [0.15, 0.2) is 18.2 Å². The quantitative estimate of drug-likeness (QED) is 0.811. The highest BCUT2D eigenvalue weighted by atomic mass is 16.1. The van der Waals surface area contributed by atoms with Crippen LogP contribution in [0.5, 0.6) is 0 Å². The van der Waals surface area contributed by atoms with Crippen molar-refractivity contribution in [2.24, 2.45) is 5.73 Å². The number of benzene rings is 1. The van der Waals surface area contributed by atoms with Gasteiger partial charge in [-0.05, 0) is 44.1 Å². The smallest absolute Gasteiger partial charge is 0.239 e. The molecule has 1 amide bonds. The molecule has 2 rings (SSSR count). The molecule has 5 nitrogen and oxygen atoms in total. The van der Waals surface area contributed by atoms with E-state index in [0.717, 1.165) is 38.0 Å². The lowest BCUT2D eigenvalue weighted by Crippen LogP contribution is -2.37. The Morgan fingerprint density at radius 3 is 2.90 bits per heavy atom. The van der Waals surface area contributed by atoms with Crippen LogP contribution in [0.4, 0.5) is 5.69 Å². The summed E-state index contributed by atoms with van der Waals surface area (Å²) in [5.41, 5.74) is 9.10. The van der Waals surface area contributed by atoms with Gasteiger partial charge in [0.2, 0.25) is 5.91 Å². The third-order valence-electron chi connectivity index (χ3n) is 3.98. The van der Waals surface area contributed by atoms with Crippen LogP contribution in [0.3, 0.4) is 0 Å². The average Bonchev–Trinajstić information content (AvgIpc) is 2.43. The molecule has 0 saturated heterocycles. The Balaban J connectivity index is 2.15. The van der Waals surface area contributed by atoms with Gasteiger partial charge >= 0.3 is 0 Å². The minimum Gasteiger partial charge on any atom is -0.374 e. The fourth-order valence-electron chi connectivity index (χ4n) is 2.80. The molecule has 0 aromatic heterocycles. The first-order chi connectivity index (χ1) is 9.99. The lowest BCUT2D eigenvalue weighted by molar-refractivity contribution is -0.120. The van der Waals surface area contributed by atoms with Crippen molar-refractivity contribution < 1.29 is 4.79 Å². The summed E-state index contributed by atoms with van der Waals surface area (Å²) >= 11 is 0. The van der Waals surface area contributed by atoms with Crippen LogP contribution in [0, 0.1) is 0 Å². The molecular weight excluding hydrogens is 264 g/mol. The Hall–Kier alpha value is -1.59. The average molecular weight is 290 g/mol. The summed E-state index contributed by atoms with van der Waals surface area (Å²) in [6.45, 7) is 2.70. The van der Waals surface area contributed by atoms with Gasteiger partial charge in [0.05, 0.1) is 0 Å². The molecule has 0 saturated carbocycles. The van der Waals surface area contributed by atoms with E-state index < -0.39 is 6.04 Å². The van der Waals surface area contributed by atoms with Gasteiger partial charge in [0.1, 0.15) is 6.04 Å². The van der Waals surface area contributed by atoms with E-state index in [2.05, 4.69) is 34.3 Å². The highest BCUT2D eigenvalue weighted by Gasteiger charge is 2.20. The fourth-order valence-corrected chi connectivity index (χ4v) is 2.80. The number of amides is 1. The molecule has 1 atom stereocenters. The molecule has 1 aliphatic rings. The summed E-state index contributed by atoms with van der Waals surface area (Å²) in [5, 5.41) is 3.26. The summed E-state index contributed by atoms with van der Waals surface area (Å²) in [7, 11) is 6.13. The molecule has 1 aromatic rings. The third-order valence-corrected chi connectivity index (χ3v) is 3.98. The summed E-state index contributed by atoms with van der Waals surface area (Å²) in [4.78, 5) is 16.1. The zero-order valence-electron chi connectivity index (χ0n) is 13.2. The molecule has 0 fully saturated rings. The number of fused-ring (bicyclic) bond motifs is 1. The molecule has 1 aliphatic heterocycles. The zero-order valence-corrected chi connectivity index (χ0v) is 13.2. The van der Waals surface area contributed by atoms with Crippen molar-refractivity contribution in [2.45, 2.75) is 18.9 Å². The van der Waals surface area contributed by atoms with Crippen molar-refractivity contribution >= 4 is 11.6 Å². The first-order valence-electron chi connectivity index (χ1n) is 7.50. The second-order valence-electron chi connectivity index (χ2n) is 6.01. The fraction of sp³-hybridized carbons (Fsp3) is 0.562. The van der Waals surface area contributed by atoms with Crippen molar-refractivity contribution in [3.8, 4) is 0 Å². The number of anilines is 1. The number of likely N-dealkylation sites (N-methyl/N-ethyl adjacent to an activating group) is 1. The predicted molar refractivity (Wildman–Crippen MR) is 86.5 cm³/mol. The molecule has 1 unspecified atom stereocenters. The van der Waals surface area contributed by atoms with E-state index in [4.69, 9.17) is 5.73 Å². The van der Waals surface area contributed by atoms with Crippen LogP contribution in [0.2, 0.25) is 0 Å². The standard InChI is InChI=1S/C16H26N4O/c1-19(2)10-8-18-15(16(17)21)13-6-7-14-12(11-13)5-4-9-20(14)3/h6-7,11,15,18H,4-5,8-10H2,1-3H3,(H2,17,21). The molecule has 116 valence electrons. The number of nitrogens with zero attached hydrogens (tertiary/aromatic N) is 2. The summed E-state index contributed by atoms with van der Waals surface area (Å²) in [6, 6.07) is 5.83. The van der Waals surface area contributed by atoms with Crippen LogP contribution < -0.4 is 16.0 Å². The number of hydrogen-bond donors (Lipinski definition) is 2. The van der Waals surface area contributed by atoms with Gasteiger partial charge in [-0.2, -0.15) is 0 Å². The summed E-state index contributed by atoms with van der Waals surface area (Å²) < 4.78 is 0. The maximum absolute atomic E-state index is 11.7. The van der Waals surface area contributed by atoms with Gasteiger partial charge in [0.25, 0.3) is 0 Å². The van der Waals surface area contributed by atoms with Gasteiger partial charge in [0, 0.05) is 32.4 Å². The summed E-state index contributed by atoms with van der Waals surface area (Å²) in [6.07, 6.45) is 2.22. The number of hydrogen-bond acceptors (Lipinski definition) is 4. The maximum Gasteiger partial charge on any atom is 0.239 e. The van der Waals surface area contributed by atoms with Crippen LogP contribution in [-0.4, -0.2) is 51.6 Å². The molecule has 5 heteroatoms. The van der Waals surface area contributed by atoms with Gasteiger partial charge < -0.3 is 20.9 Å². The number of nitrogens with two attached hydrogens (primary N) is 1. The van der Waals surface area contributed by atoms with E-state index in [-0.39, 0.29) is 5.91 Å². The second-order valence-corrected chi connectivity index (χ2v) is 6.01. The van der Waals surface area contributed by atoms with Gasteiger partial charge in [0.15, 0.2) is 0 Å². The minimum absolute atomic E-state index is 0.321. The van der Waals surface area contributed by atoms with Crippen LogP contribution in [-0.2, 0) is 11.2 Å². The molecule has 0 radical (unpaired) electrons. The number of aryl methyl sites for hydroxylation is 1. The van der Waals surface area contributed by atoms with E-state index in [1.165, 1.54) is 11.3 Å². The zero-order chi connectivity index (χ0) is 15.4. The van der Waals surface area contributed by atoms with Gasteiger partial charge in [-0.3, -0.25) is 4.79 Å². The Morgan fingerprint density at radius 2 is 2.24 bits per heavy atom. The first-order valence-corrected chi connectivity index (χ1v) is 7.50. The van der Waals surface area contributed by atoms with Crippen LogP contribution in [0.1, 0.15) is 23.6 Å². The Kier molecular flexibility index (Phi) is 5.20. The summed E-state index contributed by atoms with van der Waals surface area (Å²) in [5.74, 6) is -0.321. The Bertz CT molecular complexity index is 501. The van der Waals surface area contributed by atoms with Crippen LogP contribution in [0.25, 0.3) is 0 Å². The van der Waals surface area contributed by atoms with E-state index in [1.54, 1.807) is 0 Å². The minimum atomic E-state index is -0.414. The molecule has 1 aromatic carbocycles. The number of carbonyl (C=O) groups excluding carboxylic acids is 1. The molecule has 0 aliphatic carbocycles.